The molecular formula is C35H41N5O9S. The fourth-order valence-corrected chi connectivity index (χ4v) is 5.50. The molecule has 50 heavy (non-hydrogen) atoms. The average Bonchev–Trinajstić information content (AvgIpc) is 3.53. The van der Waals surface area contributed by atoms with E-state index < -0.39 is 11.9 Å². The van der Waals surface area contributed by atoms with E-state index in [1.807, 2.05) is 20.8 Å². The Morgan fingerprint density at radius 2 is 1.44 bits per heavy atom. The second-order valence-corrected chi connectivity index (χ2v) is 11.1. The first-order chi connectivity index (χ1) is 24.3. The zero-order chi connectivity index (χ0) is 36.0. The summed E-state index contributed by atoms with van der Waals surface area (Å²) in [5, 5.41) is 14.8. The molecule has 15 heteroatoms. The lowest BCUT2D eigenvalue weighted by Gasteiger charge is -2.17. The van der Waals surface area contributed by atoms with Gasteiger partial charge in [0.2, 0.25) is 11.7 Å². The highest BCUT2D eigenvalue weighted by atomic mass is 32.2. The van der Waals surface area contributed by atoms with Crippen molar-refractivity contribution in [1.29, 1.82) is 0 Å². The summed E-state index contributed by atoms with van der Waals surface area (Å²) in [4.78, 5) is 38.4. The Labute approximate surface area is 294 Å². The fraction of sp³-hybridized carbons (Fsp3) is 0.343. The minimum absolute atomic E-state index is 0.0248. The van der Waals surface area contributed by atoms with Crippen molar-refractivity contribution in [2.45, 2.75) is 39.4 Å². The lowest BCUT2D eigenvalue weighted by molar-refractivity contribution is -0.113. The number of amides is 2. The predicted octanol–water partition coefficient (Wildman–Crippen LogP) is 5.32. The molecule has 2 N–H and O–H groups in total. The third-order valence-corrected chi connectivity index (χ3v) is 7.85. The van der Waals surface area contributed by atoms with Crippen LogP contribution in [0.5, 0.6) is 28.7 Å². The van der Waals surface area contributed by atoms with E-state index in [4.69, 9.17) is 28.4 Å². The minimum Gasteiger partial charge on any atom is -0.497 e. The van der Waals surface area contributed by atoms with Crippen LogP contribution < -0.4 is 34.3 Å². The van der Waals surface area contributed by atoms with Crippen LogP contribution in [-0.2, 0) is 16.1 Å². The molecular weight excluding hydrogens is 666 g/mol. The number of ether oxygens (including phenoxy) is 6. The van der Waals surface area contributed by atoms with E-state index in [0.29, 0.717) is 82.1 Å². The van der Waals surface area contributed by atoms with Crippen LogP contribution in [0.1, 0.15) is 54.2 Å². The number of esters is 1. The van der Waals surface area contributed by atoms with E-state index >= 15 is 0 Å². The molecule has 0 aliphatic heterocycles. The lowest BCUT2D eigenvalue weighted by Crippen LogP contribution is -2.25. The summed E-state index contributed by atoms with van der Waals surface area (Å²) in [6.07, 6.45) is 0. The molecule has 2 amide bonds. The number of benzene rings is 3. The summed E-state index contributed by atoms with van der Waals surface area (Å²) >= 11 is 1.14. The summed E-state index contributed by atoms with van der Waals surface area (Å²) in [5.41, 5.74) is 1.73. The van der Waals surface area contributed by atoms with Gasteiger partial charge >= 0.3 is 5.97 Å². The maximum atomic E-state index is 13.5. The van der Waals surface area contributed by atoms with Crippen molar-refractivity contribution in [2.75, 3.05) is 51.7 Å². The Balaban J connectivity index is 1.58. The van der Waals surface area contributed by atoms with Gasteiger partial charge in [0, 0.05) is 17.3 Å². The Morgan fingerprint density at radius 1 is 0.760 bits per heavy atom. The predicted molar refractivity (Wildman–Crippen MR) is 187 cm³/mol. The molecule has 0 aliphatic rings. The van der Waals surface area contributed by atoms with Crippen LogP contribution in [0.15, 0.2) is 59.8 Å². The first kappa shape index (κ1) is 37.4. The summed E-state index contributed by atoms with van der Waals surface area (Å²) in [5.74, 6) is 1.42. The number of carbonyl (C=O) groups is 3. The summed E-state index contributed by atoms with van der Waals surface area (Å²) in [7, 11) is 3.07. The molecule has 4 rings (SSSR count). The fourth-order valence-electron chi connectivity index (χ4n) is 4.73. The van der Waals surface area contributed by atoms with Gasteiger partial charge in [0.15, 0.2) is 22.5 Å². The van der Waals surface area contributed by atoms with Crippen LogP contribution in [0.3, 0.4) is 0 Å². The van der Waals surface area contributed by atoms with Crippen LogP contribution in [0.25, 0.3) is 5.69 Å². The van der Waals surface area contributed by atoms with E-state index in [1.165, 1.54) is 7.11 Å². The van der Waals surface area contributed by atoms with Gasteiger partial charge < -0.3 is 39.1 Å². The Morgan fingerprint density at radius 3 is 2.04 bits per heavy atom. The molecule has 3 aromatic carbocycles. The number of thioether (sulfide) groups is 1. The van der Waals surface area contributed by atoms with Gasteiger partial charge in [0.1, 0.15) is 11.5 Å². The highest BCUT2D eigenvalue weighted by Crippen LogP contribution is 2.39. The van der Waals surface area contributed by atoms with Gasteiger partial charge in [0.05, 0.1) is 64.2 Å². The normalized spacial score (nSPS) is 10.6. The Kier molecular flexibility index (Phi) is 13.7. The van der Waals surface area contributed by atoms with Gasteiger partial charge in [-0.25, -0.2) is 4.79 Å². The van der Waals surface area contributed by atoms with E-state index in [-0.39, 0.29) is 24.8 Å². The van der Waals surface area contributed by atoms with Gasteiger partial charge in [-0.1, -0.05) is 11.8 Å². The standard InChI is InChI=1S/C35H41N5O9S/c1-7-46-28-17-23(18-29(47-8-2)32(28)48-9-3)33(42)36-20-30-38-39-35(40(30)26-19-25(44-5)15-16-27(26)45-6)50-21-31(41)37-24-13-11-22(12-14-24)34(43)49-10-4/h11-19H,7-10,20-21H2,1-6H3,(H,36,42)(H,37,41). The largest absolute Gasteiger partial charge is 0.497 e. The number of hydrogen-bond acceptors (Lipinski definition) is 12. The van der Waals surface area contributed by atoms with E-state index in [1.54, 1.807) is 73.2 Å². The van der Waals surface area contributed by atoms with Crippen LogP contribution in [0.4, 0.5) is 5.69 Å². The number of aromatic nitrogens is 3. The molecule has 0 radical (unpaired) electrons. The van der Waals surface area contributed by atoms with E-state index in [9.17, 15) is 14.4 Å². The molecule has 0 fully saturated rings. The molecule has 0 unspecified atom stereocenters. The summed E-state index contributed by atoms with van der Waals surface area (Å²) in [6.45, 7) is 8.61. The number of nitrogens with one attached hydrogen (secondary N) is 2. The zero-order valence-electron chi connectivity index (χ0n) is 28.9. The number of hydrogen-bond donors (Lipinski definition) is 2. The van der Waals surface area contributed by atoms with Crippen LogP contribution in [0, 0.1) is 0 Å². The Bertz CT molecular complexity index is 1750. The molecule has 0 saturated carbocycles. The molecule has 0 saturated heterocycles. The van der Waals surface area contributed by atoms with Crippen molar-refractivity contribution >= 4 is 35.2 Å². The molecule has 1 aromatic heterocycles. The van der Waals surface area contributed by atoms with Crippen molar-refractivity contribution in [1.82, 2.24) is 20.1 Å². The number of carbonyl (C=O) groups excluding carboxylic acids is 3. The van der Waals surface area contributed by atoms with Crippen molar-refractivity contribution < 1.29 is 42.8 Å². The van der Waals surface area contributed by atoms with Crippen LogP contribution in [-0.4, -0.2) is 78.9 Å². The molecule has 1 heterocycles. The van der Waals surface area contributed by atoms with Gasteiger partial charge in [-0.2, -0.15) is 0 Å². The highest BCUT2D eigenvalue weighted by Gasteiger charge is 2.22. The third kappa shape index (κ3) is 9.37. The van der Waals surface area contributed by atoms with Crippen LogP contribution >= 0.6 is 11.8 Å². The zero-order valence-corrected chi connectivity index (χ0v) is 29.7. The minimum atomic E-state index is -0.440. The van der Waals surface area contributed by atoms with Crippen molar-refractivity contribution in [3.63, 3.8) is 0 Å². The number of nitrogens with zero attached hydrogens (tertiary/aromatic N) is 3. The van der Waals surface area contributed by atoms with Gasteiger partial charge in [-0.05, 0) is 76.2 Å². The maximum Gasteiger partial charge on any atom is 0.338 e. The maximum absolute atomic E-state index is 13.5. The second kappa shape index (κ2) is 18.4. The number of anilines is 1. The summed E-state index contributed by atoms with van der Waals surface area (Å²) < 4.78 is 35.1. The molecule has 4 aromatic rings. The van der Waals surface area contributed by atoms with Crippen molar-refractivity contribution in [3.05, 3.63) is 71.5 Å². The molecule has 266 valence electrons. The van der Waals surface area contributed by atoms with E-state index in [2.05, 4.69) is 20.8 Å². The third-order valence-electron chi connectivity index (χ3n) is 6.92. The SMILES string of the molecule is CCOC(=O)c1ccc(NC(=O)CSc2nnc(CNC(=O)c3cc(OCC)c(OCC)c(OCC)c3)n2-c2cc(OC)ccc2OC)cc1. The van der Waals surface area contributed by atoms with Crippen molar-refractivity contribution in [2.24, 2.45) is 0 Å². The van der Waals surface area contributed by atoms with Gasteiger partial charge in [0.25, 0.3) is 5.91 Å². The van der Waals surface area contributed by atoms with Gasteiger partial charge in [-0.15, -0.1) is 10.2 Å². The molecule has 14 nitrogen and oxygen atoms in total. The van der Waals surface area contributed by atoms with Crippen molar-refractivity contribution in [3.8, 4) is 34.4 Å². The quantitative estimate of drug-likeness (QED) is 0.101. The average molecular weight is 708 g/mol. The molecule has 0 bridgehead atoms. The second-order valence-electron chi connectivity index (χ2n) is 10.2. The highest BCUT2D eigenvalue weighted by molar-refractivity contribution is 7.99. The Hall–Kier alpha value is -5.44. The monoisotopic (exact) mass is 707 g/mol. The first-order valence-electron chi connectivity index (χ1n) is 16.0. The lowest BCUT2D eigenvalue weighted by atomic mass is 10.1. The van der Waals surface area contributed by atoms with E-state index in [0.717, 1.165) is 11.8 Å². The number of methoxy groups -OCH3 is 2. The molecule has 0 atom stereocenters. The molecule has 0 aliphatic carbocycles. The number of rotatable bonds is 18. The smallest absolute Gasteiger partial charge is 0.338 e. The molecule has 0 spiro atoms. The first-order valence-corrected chi connectivity index (χ1v) is 17.0. The van der Waals surface area contributed by atoms with Crippen LogP contribution in [0.2, 0.25) is 0 Å². The van der Waals surface area contributed by atoms with Gasteiger partial charge in [-0.3, -0.25) is 14.2 Å². The topological polar surface area (TPSA) is 161 Å². The summed E-state index contributed by atoms with van der Waals surface area (Å²) in [6, 6.07) is 14.8.